The Kier molecular flexibility index (Phi) is 4.24. The second-order valence-corrected chi connectivity index (χ2v) is 7.60. The maximum atomic E-state index is 13.0. The van der Waals surface area contributed by atoms with E-state index in [0.29, 0.717) is 13.0 Å². The number of benzene rings is 1. The standard InChI is InChI=1S/C19H19N3O3S/c23-16(20-10-8-14-5-3-11-26-14)12-22-17(24)19(21-18(22)25)9-7-13-4-1-2-6-15(13)19/h1-6,11H,7-10,12H2,(H,20,23)(H,21,25)/t19-/m1/s1. The molecule has 134 valence electrons. The van der Waals surface area contributed by atoms with Gasteiger partial charge in [0.05, 0.1) is 0 Å². The molecule has 1 spiro atoms. The third-order valence-corrected chi connectivity index (χ3v) is 5.93. The number of fused-ring (bicyclic) bond motifs is 2. The van der Waals surface area contributed by atoms with Gasteiger partial charge in [-0.15, -0.1) is 11.3 Å². The Labute approximate surface area is 155 Å². The molecular formula is C19H19N3O3S. The number of nitrogens with zero attached hydrogens (tertiary/aromatic N) is 1. The van der Waals surface area contributed by atoms with E-state index in [1.807, 2.05) is 41.8 Å². The Morgan fingerprint density at radius 2 is 2.08 bits per heavy atom. The second-order valence-electron chi connectivity index (χ2n) is 6.56. The van der Waals surface area contributed by atoms with Crippen LogP contribution in [-0.4, -0.2) is 35.8 Å². The monoisotopic (exact) mass is 369 g/mol. The molecule has 7 heteroatoms. The maximum Gasteiger partial charge on any atom is 0.325 e. The Morgan fingerprint density at radius 3 is 2.88 bits per heavy atom. The van der Waals surface area contributed by atoms with Crippen LogP contribution in [0.1, 0.15) is 22.4 Å². The lowest BCUT2D eigenvalue weighted by Gasteiger charge is -2.22. The molecule has 2 N–H and O–H groups in total. The van der Waals surface area contributed by atoms with Crippen LogP contribution < -0.4 is 10.6 Å². The van der Waals surface area contributed by atoms with Gasteiger partial charge in [-0.3, -0.25) is 14.5 Å². The molecule has 0 saturated carbocycles. The average Bonchev–Trinajstić information content (AvgIpc) is 3.33. The largest absolute Gasteiger partial charge is 0.354 e. The van der Waals surface area contributed by atoms with Crippen LogP contribution in [0.5, 0.6) is 0 Å². The van der Waals surface area contributed by atoms with Crippen molar-refractivity contribution in [2.45, 2.75) is 24.8 Å². The number of carbonyl (C=O) groups is 3. The van der Waals surface area contributed by atoms with Crippen molar-refractivity contribution in [3.8, 4) is 0 Å². The predicted octanol–water partition coefficient (Wildman–Crippen LogP) is 1.80. The molecule has 0 bridgehead atoms. The first-order valence-electron chi connectivity index (χ1n) is 8.62. The number of hydrogen-bond donors (Lipinski definition) is 2. The molecule has 2 heterocycles. The lowest BCUT2D eigenvalue weighted by Crippen LogP contribution is -2.44. The van der Waals surface area contributed by atoms with Crippen molar-refractivity contribution >= 4 is 29.2 Å². The Morgan fingerprint density at radius 1 is 1.23 bits per heavy atom. The molecule has 1 fully saturated rings. The Hall–Kier alpha value is -2.67. The zero-order chi connectivity index (χ0) is 18.1. The first-order valence-corrected chi connectivity index (χ1v) is 9.50. The number of carbonyl (C=O) groups excluding carboxylic acids is 3. The van der Waals surface area contributed by atoms with Crippen LogP contribution in [-0.2, 0) is 28.0 Å². The summed E-state index contributed by atoms with van der Waals surface area (Å²) in [5, 5.41) is 7.60. The summed E-state index contributed by atoms with van der Waals surface area (Å²) in [6, 6.07) is 11.1. The van der Waals surface area contributed by atoms with Gasteiger partial charge in [0.25, 0.3) is 5.91 Å². The first-order chi connectivity index (χ1) is 12.6. The summed E-state index contributed by atoms with van der Waals surface area (Å²) in [5.41, 5.74) is 0.910. The van der Waals surface area contributed by atoms with Crippen LogP contribution in [0.2, 0.25) is 0 Å². The van der Waals surface area contributed by atoms with E-state index in [0.717, 1.165) is 28.9 Å². The van der Waals surface area contributed by atoms with Gasteiger partial charge in [-0.25, -0.2) is 4.79 Å². The molecule has 2 aliphatic rings. The Bertz CT molecular complexity index is 865. The van der Waals surface area contributed by atoms with E-state index in [-0.39, 0.29) is 18.4 Å². The predicted molar refractivity (Wildman–Crippen MR) is 97.7 cm³/mol. The number of hydrogen-bond acceptors (Lipinski definition) is 4. The molecule has 1 saturated heterocycles. The van der Waals surface area contributed by atoms with Crippen molar-refractivity contribution in [3.63, 3.8) is 0 Å². The third-order valence-electron chi connectivity index (χ3n) is 5.00. The molecule has 1 atom stereocenters. The summed E-state index contributed by atoms with van der Waals surface area (Å²) >= 11 is 1.63. The molecule has 2 aromatic rings. The highest BCUT2D eigenvalue weighted by atomic mass is 32.1. The summed E-state index contributed by atoms with van der Waals surface area (Å²) in [6.07, 6.45) is 2.01. The lowest BCUT2D eigenvalue weighted by atomic mass is 9.92. The minimum absolute atomic E-state index is 0.251. The fourth-order valence-electron chi connectivity index (χ4n) is 3.71. The van der Waals surface area contributed by atoms with Gasteiger partial charge < -0.3 is 10.6 Å². The van der Waals surface area contributed by atoms with Crippen molar-refractivity contribution in [3.05, 3.63) is 57.8 Å². The smallest absolute Gasteiger partial charge is 0.325 e. The number of amides is 4. The molecule has 1 aromatic heterocycles. The third kappa shape index (κ3) is 2.78. The topological polar surface area (TPSA) is 78.5 Å². The molecule has 26 heavy (non-hydrogen) atoms. The number of urea groups is 1. The van der Waals surface area contributed by atoms with Crippen LogP contribution >= 0.6 is 11.3 Å². The molecule has 0 unspecified atom stereocenters. The van der Waals surface area contributed by atoms with Crippen molar-refractivity contribution in [2.24, 2.45) is 0 Å². The number of thiophene rings is 1. The summed E-state index contributed by atoms with van der Waals surface area (Å²) in [7, 11) is 0. The fourth-order valence-corrected chi connectivity index (χ4v) is 4.42. The SMILES string of the molecule is O=C(CN1C(=O)N[C@@]2(CCc3ccccc32)C1=O)NCCc1cccs1. The van der Waals surface area contributed by atoms with E-state index in [1.165, 1.54) is 4.88 Å². The number of rotatable bonds is 5. The molecule has 1 aliphatic carbocycles. The zero-order valence-corrected chi connectivity index (χ0v) is 15.0. The molecule has 0 radical (unpaired) electrons. The van der Waals surface area contributed by atoms with E-state index in [1.54, 1.807) is 11.3 Å². The molecule has 4 amide bonds. The van der Waals surface area contributed by atoms with Gasteiger partial charge in [-0.05, 0) is 41.8 Å². The van der Waals surface area contributed by atoms with Crippen LogP contribution in [0, 0.1) is 0 Å². The van der Waals surface area contributed by atoms with Crippen molar-refractivity contribution in [2.75, 3.05) is 13.1 Å². The van der Waals surface area contributed by atoms with Crippen molar-refractivity contribution in [1.82, 2.24) is 15.5 Å². The molecule has 6 nitrogen and oxygen atoms in total. The van der Waals surface area contributed by atoms with E-state index in [4.69, 9.17) is 0 Å². The number of imide groups is 1. The number of nitrogens with one attached hydrogen (secondary N) is 2. The molecule has 4 rings (SSSR count). The normalized spacial score (nSPS) is 21.2. The summed E-state index contributed by atoms with van der Waals surface area (Å²) in [4.78, 5) is 39.7. The zero-order valence-electron chi connectivity index (χ0n) is 14.2. The van der Waals surface area contributed by atoms with Gasteiger partial charge in [0.15, 0.2) is 0 Å². The highest BCUT2D eigenvalue weighted by Crippen LogP contribution is 2.41. The van der Waals surface area contributed by atoms with Gasteiger partial charge >= 0.3 is 6.03 Å². The molecule has 1 aliphatic heterocycles. The van der Waals surface area contributed by atoms with Gasteiger partial charge in [-0.1, -0.05) is 30.3 Å². The average molecular weight is 369 g/mol. The van der Waals surface area contributed by atoms with Gasteiger partial charge in [0.2, 0.25) is 5.91 Å². The van der Waals surface area contributed by atoms with Gasteiger partial charge in [0.1, 0.15) is 12.1 Å². The van der Waals surface area contributed by atoms with Crippen LogP contribution in [0.3, 0.4) is 0 Å². The van der Waals surface area contributed by atoms with Crippen molar-refractivity contribution in [1.29, 1.82) is 0 Å². The second kappa shape index (κ2) is 6.57. The van der Waals surface area contributed by atoms with Crippen LogP contribution in [0.4, 0.5) is 4.79 Å². The van der Waals surface area contributed by atoms with Crippen molar-refractivity contribution < 1.29 is 14.4 Å². The minimum atomic E-state index is -1.01. The van der Waals surface area contributed by atoms with Crippen LogP contribution in [0.15, 0.2) is 41.8 Å². The summed E-state index contributed by atoms with van der Waals surface area (Å²) < 4.78 is 0. The highest BCUT2D eigenvalue weighted by Gasteiger charge is 2.55. The van der Waals surface area contributed by atoms with E-state index in [9.17, 15) is 14.4 Å². The molecule has 1 aromatic carbocycles. The first kappa shape index (κ1) is 16.8. The van der Waals surface area contributed by atoms with Gasteiger partial charge in [-0.2, -0.15) is 0 Å². The number of aryl methyl sites for hydroxylation is 1. The minimum Gasteiger partial charge on any atom is -0.354 e. The summed E-state index contributed by atoms with van der Waals surface area (Å²) in [6.45, 7) is 0.232. The maximum absolute atomic E-state index is 13.0. The van der Waals surface area contributed by atoms with E-state index < -0.39 is 11.6 Å². The van der Waals surface area contributed by atoms with Gasteiger partial charge in [0, 0.05) is 11.4 Å². The molecular weight excluding hydrogens is 350 g/mol. The lowest BCUT2D eigenvalue weighted by molar-refractivity contribution is -0.135. The fraction of sp³-hybridized carbons (Fsp3) is 0.316. The van der Waals surface area contributed by atoms with E-state index >= 15 is 0 Å². The Balaban J connectivity index is 1.41. The van der Waals surface area contributed by atoms with Crippen LogP contribution in [0.25, 0.3) is 0 Å². The quantitative estimate of drug-likeness (QED) is 0.789. The van der Waals surface area contributed by atoms with E-state index in [2.05, 4.69) is 10.6 Å². The summed E-state index contributed by atoms with van der Waals surface area (Å²) in [5.74, 6) is -0.658. The highest BCUT2D eigenvalue weighted by molar-refractivity contribution is 7.09.